The zero-order chi connectivity index (χ0) is 24.4. The van der Waals surface area contributed by atoms with Crippen molar-refractivity contribution in [1.29, 1.82) is 0 Å². The molecule has 2 N–H and O–H groups in total. The van der Waals surface area contributed by atoms with Crippen LogP contribution in [0, 0.1) is 12.7 Å². The molecule has 1 aromatic carbocycles. The number of nitrogens with zero attached hydrogens (tertiary/aromatic N) is 3. The Bertz CT molecular complexity index is 1590. The summed E-state index contributed by atoms with van der Waals surface area (Å²) in [5.41, 5.74) is 8.45. The van der Waals surface area contributed by atoms with Crippen molar-refractivity contribution < 1.29 is 13.0 Å². The summed E-state index contributed by atoms with van der Waals surface area (Å²) in [6.07, 6.45) is 4.83. The maximum absolute atomic E-state index is 15.3. The number of aromatic nitrogens is 1. The predicted molar refractivity (Wildman–Crippen MR) is 139 cm³/mol. The van der Waals surface area contributed by atoms with Gasteiger partial charge < -0.3 is 10.2 Å². The van der Waals surface area contributed by atoms with Gasteiger partial charge in [-0.1, -0.05) is 17.7 Å². The lowest BCUT2D eigenvalue weighted by atomic mass is 10.0. The molecule has 3 aromatic heterocycles. The van der Waals surface area contributed by atoms with Gasteiger partial charge in [0, 0.05) is 29.8 Å². The van der Waals surface area contributed by atoms with E-state index in [4.69, 9.17) is 21.8 Å². The highest BCUT2D eigenvalue weighted by molar-refractivity contribution is 7.98. The van der Waals surface area contributed by atoms with E-state index in [9.17, 15) is 4.21 Å². The van der Waals surface area contributed by atoms with Crippen LogP contribution < -0.4 is 5.73 Å². The minimum absolute atomic E-state index is 0.136. The number of guanidine groups is 1. The van der Waals surface area contributed by atoms with Crippen LogP contribution in [0.2, 0.25) is 5.02 Å². The fraction of sp³-hybridized carbons (Fsp3) is 0.208. The maximum Gasteiger partial charge on any atom is 0.203 e. The number of benzene rings is 1. The molecule has 0 spiro atoms. The topological polar surface area (TPSA) is 84.7 Å². The maximum atomic E-state index is 15.3. The second-order valence-corrected chi connectivity index (χ2v) is 12.4. The second-order valence-electron chi connectivity index (χ2n) is 8.60. The van der Waals surface area contributed by atoms with Gasteiger partial charge in [-0.2, -0.15) is 0 Å². The lowest BCUT2D eigenvalue weighted by Gasteiger charge is -2.36. The molecule has 1 aliphatic heterocycles. The molecular weight excluding hydrogens is 495 g/mol. The minimum atomic E-state index is -2.68. The molecule has 0 saturated carbocycles. The summed E-state index contributed by atoms with van der Waals surface area (Å²) < 4.78 is 35.8. The van der Waals surface area contributed by atoms with Gasteiger partial charge in [-0.05, 0) is 49.0 Å². The lowest BCUT2D eigenvalue weighted by Crippen LogP contribution is -2.50. The van der Waals surface area contributed by atoms with Crippen LogP contribution in [0.1, 0.15) is 17.4 Å². The Morgan fingerprint density at radius 3 is 2.74 bits per heavy atom. The van der Waals surface area contributed by atoms with E-state index in [0.29, 0.717) is 21.2 Å². The third-order valence-electron chi connectivity index (χ3n) is 6.11. The first-order chi connectivity index (χ1) is 16.0. The number of pyridine rings is 1. The quantitative estimate of drug-likeness (QED) is 0.368. The Labute approximate surface area is 206 Å². The normalized spacial score (nSPS) is 22.9. The lowest BCUT2D eigenvalue weighted by molar-refractivity contribution is 0.522. The number of rotatable bonds is 3. The van der Waals surface area contributed by atoms with Crippen LogP contribution in [0.15, 0.2) is 52.4 Å². The van der Waals surface area contributed by atoms with Gasteiger partial charge >= 0.3 is 0 Å². The van der Waals surface area contributed by atoms with Crippen LogP contribution in [-0.4, -0.2) is 38.1 Å². The Hall–Kier alpha value is -2.88. The molecule has 0 aliphatic carbocycles. The monoisotopic (exact) mass is 516 g/mol. The average molecular weight is 517 g/mol. The van der Waals surface area contributed by atoms with Crippen molar-refractivity contribution in [2.75, 3.05) is 12.8 Å². The summed E-state index contributed by atoms with van der Waals surface area (Å²) in [5.74, 6) is 3.75. The average Bonchev–Trinajstić information content (AvgIpc) is 3.35. The van der Waals surface area contributed by atoms with E-state index in [2.05, 4.69) is 15.8 Å². The van der Waals surface area contributed by atoms with E-state index in [0.717, 1.165) is 26.8 Å². The highest BCUT2D eigenvalue weighted by Crippen LogP contribution is 2.47. The van der Waals surface area contributed by atoms with E-state index in [1.54, 1.807) is 37.9 Å². The Morgan fingerprint density at radius 2 is 2.09 bits per heavy atom. The number of nitrogens with two attached hydrogens (primary N) is 1. The van der Waals surface area contributed by atoms with E-state index < -0.39 is 21.1 Å². The van der Waals surface area contributed by atoms with Crippen LogP contribution in [0.4, 0.5) is 4.39 Å². The number of hydrogen-bond acceptors (Lipinski definition) is 6. The number of furan rings is 1. The van der Waals surface area contributed by atoms with Crippen molar-refractivity contribution in [3.63, 3.8) is 0 Å². The summed E-state index contributed by atoms with van der Waals surface area (Å²) in [5, 5.41) is 1.19. The molecule has 1 aliphatic rings. The summed E-state index contributed by atoms with van der Waals surface area (Å²) in [7, 11) is -1.07. The van der Waals surface area contributed by atoms with Gasteiger partial charge in [0.05, 0.1) is 48.3 Å². The van der Waals surface area contributed by atoms with Gasteiger partial charge in [0.15, 0.2) is 0 Å². The zero-order valence-corrected chi connectivity index (χ0v) is 21.2. The molecular formula is C24H22ClFN4O2S2. The minimum Gasteiger partial charge on any atom is -0.472 e. The van der Waals surface area contributed by atoms with Gasteiger partial charge in [-0.25, -0.2) is 13.6 Å². The molecule has 0 saturated heterocycles. The largest absolute Gasteiger partial charge is 0.472 e. The number of halogens is 2. The molecule has 4 heterocycles. The van der Waals surface area contributed by atoms with E-state index >= 15 is 4.39 Å². The highest BCUT2D eigenvalue weighted by Gasteiger charge is 2.40. The fourth-order valence-corrected chi connectivity index (χ4v) is 7.81. The molecule has 0 radical (unpaired) electrons. The standard InChI is InChI=1S/C24H22ClFN4O2S2/c1-13-10-32-11-17(13)14-5-6-15(18(26)9-14)20-21-16(7-8-28-20)19(25)22(33-21)24(2)12-34(4,31)30(3)23(27)29-24/h5-11H,4,12H2,1-3H3,(H2,27,29)/t24-,34?/m0/s1. The number of aryl methyl sites for hydroxylation is 1. The van der Waals surface area contributed by atoms with Crippen molar-refractivity contribution in [3.05, 3.63) is 64.3 Å². The Morgan fingerprint density at radius 1 is 1.32 bits per heavy atom. The first-order valence-electron chi connectivity index (χ1n) is 10.4. The summed E-state index contributed by atoms with van der Waals surface area (Å²) in [4.78, 5) is 9.78. The fourth-order valence-electron chi connectivity index (χ4n) is 4.24. The van der Waals surface area contributed by atoms with Crippen molar-refractivity contribution in [1.82, 2.24) is 9.29 Å². The molecule has 0 amide bonds. The van der Waals surface area contributed by atoms with Crippen LogP contribution in [0.25, 0.3) is 32.5 Å². The van der Waals surface area contributed by atoms with Gasteiger partial charge in [0.2, 0.25) is 5.96 Å². The van der Waals surface area contributed by atoms with Crippen LogP contribution in [0.3, 0.4) is 0 Å². The highest BCUT2D eigenvalue weighted by atomic mass is 35.5. The van der Waals surface area contributed by atoms with Gasteiger partial charge in [0.1, 0.15) is 11.4 Å². The molecule has 6 nitrogen and oxygen atoms in total. The third kappa shape index (κ3) is 3.50. The van der Waals surface area contributed by atoms with Gasteiger partial charge in [0.25, 0.3) is 0 Å². The van der Waals surface area contributed by atoms with Crippen molar-refractivity contribution >= 4 is 54.6 Å². The molecule has 176 valence electrons. The zero-order valence-electron chi connectivity index (χ0n) is 18.8. The van der Waals surface area contributed by atoms with Crippen LogP contribution in [-0.2, 0) is 15.2 Å². The number of aliphatic imine (C=N–C) groups is 1. The Kier molecular flexibility index (Phi) is 5.27. The number of thiophene rings is 1. The molecule has 5 rings (SSSR count). The van der Waals surface area contributed by atoms with Crippen LogP contribution >= 0.6 is 22.9 Å². The van der Waals surface area contributed by atoms with Crippen molar-refractivity contribution in [3.8, 4) is 22.4 Å². The molecule has 0 fully saturated rings. The number of fused-ring (bicyclic) bond motifs is 1. The molecule has 1 unspecified atom stereocenters. The first kappa shape index (κ1) is 22.9. The predicted octanol–water partition coefficient (Wildman–Crippen LogP) is 5.43. The smallest absolute Gasteiger partial charge is 0.203 e. The van der Waals surface area contributed by atoms with E-state index in [1.165, 1.54) is 21.7 Å². The van der Waals surface area contributed by atoms with Crippen LogP contribution in [0.5, 0.6) is 0 Å². The summed E-state index contributed by atoms with van der Waals surface area (Å²) in [6, 6.07) is 6.82. The van der Waals surface area contributed by atoms with E-state index in [1.807, 2.05) is 19.9 Å². The summed E-state index contributed by atoms with van der Waals surface area (Å²) >= 11 is 8.17. The molecule has 34 heavy (non-hydrogen) atoms. The molecule has 0 bridgehead atoms. The molecule has 4 aromatic rings. The SMILES string of the molecule is C=S1(=O)C[C@@](C)(c2sc3c(-c4ccc(-c5cocc5C)cc4F)nccc3c2Cl)N=C(N)N1C. The molecule has 2 atom stereocenters. The number of hydrogen-bond donors (Lipinski definition) is 1. The third-order valence-corrected chi connectivity index (χ3v) is 10.3. The first-order valence-corrected chi connectivity index (χ1v) is 13.4. The molecule has 10 heteroatoms. The van der Waals surface area contributed by atoms with Crippen molar-refractivity contribution in [2.45, 2.75) is 19.4 Å². The summed E-state index contributed by atoms with van der Waals surface area (Å²) in [6.45, 7) is 3.75. The van der Waals surface area contributed by atoms with Gasteiger partial charge in [-0.3, -0.25) is 9.29 Å². The Balaban J connectivity index is 1.66. The van der Waals surface area contributed by atoms with Gasteiger partial charge in [-0.15, -0.1) is 11.3 Å². The second kappa shape index (κ2) is 7.83. The van der Waals surface area contributed by atoms with Crippen molar-refractivity contribution in [2.24, 2.45) is 10.7 Å². The van der Waals surface area contributed by atoms with E-state index in [-0.39, 0.29) is 11.7 Å².